The van der Waals surface area contributed by atoms with Gasteiger partial charge in [-0.05, 0) is 80.2 Å². The van der Waals surface area contributed by atoms with Gasteiger partial charge in [0.2, 0.25) is 0 Å². The minimum absolute atomic E-state index is 0.448. The number of likely N-dealkylation sites (tertiary alicyclic amines) is 2. The van der Waals surface area contributed by atoms with Crippen LogP contribution in [0.2, 0.25) is 0 Å². The molecule has 3 rings (SSSR count). The monoisotopic (exact) mass is 348 g/mol. The van der Waals surface area contributed by atoms with Crippen LogP contribution in [-0.4, -0.2) is 48.6 Å². The second-order valence-electron chi connectivity index (χ2n) is 11.8. The van der Waals surface area contributed by atoms with Crippen molar-refractivity contribution in [2.24, 2.45) is 28.6 Å². The third-order valence-corrected chi connectivity index (χ3v) is 7.39. The molecule has 2 nitrogen and oxygen atoms in total. The molecule has 0 aromatic rings. The van der Waals surface area contributed by atoms with Crippen LogP contribution in [0.15, 0.2) is 0 Å². The zero-order valence-electron chi connectivity index (χ0n) is 18.0. The lowest BCUT2D eigenvalue weighted by Crippen LogP contribution is -2.62. The molecule has 2 saturated heterocycles. The van der Waals surface area contributed by atoms with Crippen molar-refractivity contribution in [3.63, 3.8) is 0 Å². The molecular weight excluding hydrogens is 304 g/mol. The summed E-state index contributed by atoms with van der Waals surface area (Å²) in [5.41, 5.74) is 0.974. The van der Waals surface area contributed by atoms with Gasteiger partial charge in [-0.2, -0.15) is 0 Å². The van der Waals surface area contributed by atoms with Gasteiger partial charge in [0, 0.05) is 25.7 Å². The fraction of sp³-hybridized carbons (Fsp3) is 1.00. The Balaban J connectivity index is 1.36. The normalized spacial score (nSPS) is 31.9. The summed E-state index contributed by atoms with van der Waals surface area (Å²) in [4.78, 5) is 5.47. The summed E-state index contributed by atoms with van der Waals surface area (Å²) < 4.78 is 0. The van der Waals surface area contributed by atoms with Gasteiger partial charge in [0.05, 0.1) is 0 Å². The smallest absolute Gasteiger partial charge is 0.0350 e. The molecule has 0 atom stereocenters. The van der Waals surface area contributed by atoms with Crippen LogP contribution in [0.1, 0.15) is 80.1 Å². The molecule has 0 amide bonds. The second kappa shape index (κ2) is 7.50. The molecule has 2 heteroatoms. The zero-order chi connectivity index (χ0) is 18.2. The first-order valence-electron chi connectivity index (χ1n) is 11.1. The Labute approximate surface area is 157 Å². The largest absolute Gasteiger partial charge is 0.300 e. The van der Waals surface area contributed by atoms with Crippen molar-refractivity contribution in [3.8, 4) is 0 Å². The van der Waals surface area contributed by atoms with E-state index >= 15 is 0 Å². The summed E-state index contributed by atoms with van der Waals surface area (Å²) in [5.74, 6) is 3.04. The van der Waals surface area contributed by atoms with Crippen LogP contribution in [-0.2, 0) is 0 Å². The van der Waals surface area contributed by atoms with Crippen LogP contribution < -0.4 is 0 Å². The number of hydrogen-bond acceptors (Lipinski definition) is 2. The van der Waals surface area contributed by atoms with Crippen LogP contribution >= 0.6 is 0 Å². The van der Waals surface area contributed by atoms with E-state index in [9.17, 15) is 0 Å². The highest BCUT2D eigenvalue weighted by Gasteiger charge is 2.38. The second-order valence-corrected chi connectivity index (χ2v) is 11.8. The van der Waals surface area contributed by atoms with Gasteiger partial charge >= 0.3 is 0 Å². The minimum atomic E-state index is 0.448. The van der Waals surface area contributed by atoms with E-state index in [1.54, 1.807) is 0 Å². The lowest BCUT2D eigenvalue weighted by molar-refractivity contribution is -0.00991. The number of nitrogens with zero attached hydrogens (tertiary/aromatic N) is 2. The maximum Gasteiger partial charge on any atom is 0.0350 e. The van der Waals surface area contributed by atoms with E-state index in [-0.39, 0.29) is 0 Å². The Bertz CT molecular complexity index is 408. The van der Waals surface area contributed by atoms with Gasteiger partial charge in [-0.15, -0.1) is 0 Å². The molecule has 0 N–H and O–H groups in total. The lowest BCUT2D eigenvalue weighted by atomic mass is 9.66. The minimum Gasteiger partial charge on any atom is -0.300 e. The number of hydrogen-bond donors (Lipinski definition) is 0. The van der Waals surface area contributed by atoms with E-state index in [4.69, 9.17) is 0 Å². The maximum atomic E-state index is 2.82. The van der Waals surface area contributed by atoms with Crippen LogP contribution in [0.25, 0.3) is 0 Å². The van der Waals surface area contributed by atoms with Gasteiger partial charge in [0.25, 0.3) is 0 Å². The topological polar surface area (TPSA) is 6.48 Å². The Morgan fingerprint density at radius 3 is 1.72 bits per heavy atom. The van der Waals surface area contributed by atoms with Crippen molar-refractivity contribution in [2.75, 3.05) is 32.7 Å². The first-order valence-corrected chi connectivity index (χ1v) is 11.1. The third-order valence-electron chi connectivity index (χ3n) is 7.39. The van der Waals surface area contributed by atoms with Gasteiger partial charge in [0.1, 0.15) is 0 Å². The molecule has 0 aromatic heterocycles. The van der Waals surface area contributed by atoms with Crippen LogP contribution in [0.3, 0.4) is 0 Å². The van der Waals surface area contributed by atoms with Crippen LogP contribution in [0, 0.1) is 28.6 Å². The van der Waals surface area contributed by atoms with Crippen LogP contribution in [0.4, 0.5) is 0 Å². The highest BCUT2D eigenvalue weighted by atomic mass is 15.3. The van der Waals surface area contributed by atoms with Crippen LogP contribution in [0.5, 0.6) is 0 Å². The molecule has 25 heavy (non-hydrogen) atoms. The molecule has 2 heterocycles. The zero-order valence-corrected chi connectivity index (χ0v) is 18.0. The first-order chi connectivity index (χ1) is 11.6. The van der Waals surface area contributed by atoms with Gasteiger partial charge in [-0.3, -0.25) is 9.80 Å². The highest BCUT2D eigenvalue weighted by Crippen LogP contribution is 2.44. The van der Waals surface area contributed by atoms with E-state index in [0.29, 0.717) is 10.8 Å². The van der Waals surface area contributed by atoms with Gasteiger partial charge in [0.15, 0.2) is 0 Å². The SMILES string of the molecule is CC(C)(C)CN1CC(N2CCC(C3CCC(C(C)(C)C)CC3)CC2)C1. The molecule has 146 valence electrons. The van der Waals surface area contributed by atoms with E-state index in [1.807, 2.05) is 0 Å². The van der Waals surface area contributed by atoms with E-state index < -0.39 is 0 Å². The first kappa shape index (κ1) is 19.7. The van der Waals surface area contributed by atoms with E-state index in [0.717, 1.165) is 23.8 Å². The van der Waals surface area contributed by atoms with Crippen molar-refractivity contribution in [1.29, 1.82) is 0 Å². The number of rotatable bonds is 3. The van der Waals surface area contributed by atoms with Gasteiger partial charge in [-0.1, -0.05) is 41.5 Å². The quantitative estimate of drug-likeness (QED) is 0.684. The summed E-state index contributed by atoms with van der Waals surface area (Å²) in [6.45, 7) is 21.1. The van der Waals surface area contributed by atoms with Crippen molar-refractivity contribution in [3.05, 3.63) is 0 Å². The van der Waals surface area contributed by atoms with E-state index in [2.05, 4.69) is 51.3 Å². The summed E-state index contributed by atoms with van der Waals surface area (Å²) in [6, 6.07) is 0.861. The Kier molecular flexibility index (Phi) is 5.91. The van der Waals surface area contributed by atoms with Gasteiger partial charge < -0.3 is 0 Å². The molecule has 3 fully saturated rings. The lowest BCUT2D eigenvalue weighted by Gasteiger charge is -2.50. The van der Waals surface area contributed by atoms with Crippen molar-refractivity contribution < 1.29 is 0 Å². The predicted octanol–water partition coefficient (Wildman–Crippen LogP) is 5.28. The molecule has 0 aromatic carbocycles. The molecule has 1 saturated carbocycles. The average molecular weight is 349 g/mol. The molecule has 0 unspecified atom stereocenters. The fourth-order valence-corrected chi connectivity index (χ4v) is 5.79. The molecular formula is C23H44N2. The third kappa shape index (κ3) is 5.22. The summed E-state index contributed by atoms with van der Waals surface area (Å²) in [5, 5.41) is 0. The maximum absolute atomic E-state index is 2.82. The van der Waals surface area contributed by atoms with Crippen molar-refractivity contribution in [2.45, 2.75) is 86.1 Å². The Hall–Kier alpha value is -0.0800. The predicted molar refractivity (Wildman–Crippen MR) is 109 cm³/mol. The summed E-state index contributed by atoms with van der Waals surface area (Å²) >= 11 is 0. The standard InChI is InChI=1S/C23H44N2/c1-22(2,3)17-24-15-21(16-24)25-13-11-19(12-14-25)18-7-9-20(10-8-18)23(4,5)6/h18-21H,7-17H2,1-6H3. The Morgan fingerprint density at radius 2 is 1.24 bits per heavy atom. The van der Waals surface area contributed by atoms with Crippen molar-refractivity contribution in [1.82, 2.24) is 9.80 Å². The highest BCUT2D eigenvalue weighted by molar-refractivity contribution is 4.93. The summed E-state index contributed by atoms with van der Waals surface area (Å²) in [7, 11) is 0. The molecule has 0 bridgehead atoms. The number of piperidine rings is 1. The Morgan fingerprint density at radius 1 is 0.720 bits per heavy atom. The average Bonchev–Trinajstić information content (AvgIpc) is 2.49. The van der Waals surface area contributed by atoms with E-state index in [1.165, 1.54) is 71.2 Å². The van der Waals surface area contributed by atoms with Crippen molar-refractivity contribution >= 4 is 0 Å². The molecule has 0 radical (unpaired) electrons. The summed E-state index contributed by atoms with van der Waals surface area (Å²) in [6.07, 6.45) is 8.93. The van der Waals surface area contributed by atoms with Gasteiger partial charge in [-0.25, -0.2) is 0 Å². The molecule has 0 spiro atoms. The molecule has 2 aliphatic heterocycles. The molecule has 1 aliphatic carbocycles. The fourth-order valence-electron chi connectivity index (χ4n) is 5.79. The molecule has 3 aliphatic rings.